The van der Waals surface area contributed by atoms with Crippen molar-refractivity contribution in [1.29, 1.82) is 0 Å². The number of hydrogen-bond donors (Lipinski definition) is 1. The van der Waals surface area contributed by atoms with E-state index in [-0.39, 0.29) is 0 Å². The Kier molecular flexibility index (Phi) is 4.60. The second-order valence-corrected chi connectivity index (χ2v) is 5.45. The average molecular weight is 280 g/mol. The summed E-state index contributed by atoms with van der Waals surface area (Å²) >= 11 is 1.60. The highest BCUT2D eigenvalue weighted by Gasteiger charge is 2.16. The van der Waals surface area contributed by atoms with E-state index in [0.29, 0.717) is 0 Å². The summed E-state index contributed by atoms with van der Waals surface area (Å²) in [6.07, 6.45) is 2.84. The van der Waals surface area contributed by atoms with Gasteiger partial charge in [-0.1, -0.05) is 6.92 Å². The summed E-state index contributed by atoms with van der Waals surface area (Å²) in [6, 6.07) is 0. The van der Waals surface area contributed by atoms with Crippen LogP contribution in [0.1, 0.15) is 24.6 Å². The first-order chi connectivity index (χ1) is 9.13. The normalized spacial score (nSPS) is 11.2. The van der Waals surface area contributed by atoms with Crippen LogP contribution in [0, 0.1) is 6.92 Å². The molecule has 0 unspecified atom stereocenters. The quantitative estimate of drug-likeness (QED) is 0.813. The van der Waals surface area contributed by atoms with E-state index in [1.54, 1.807) is 18.1 Å². The van der Waals surface area contributed by atoms with E-state index in [2.05, 4.69) is 27.5 Å². The molecule has 2 aromatic heterocycles. The minimum atomic E-state index is 0.841. The topological polar surface area (TPSA) is 60.6 Å². The van der Waals surface area contributed by atoms with Crippen LogP contribution >= 0.6 is 11.8 Å². The van der Waals surface area contributed by atoms with E-state index in [0.717, 1.165) is 35.4 Å². The summed E-state index contributed by atoms with van der Waals surface area (Å²) in [7, 11) is 3.91. The van der Waals surface area contributed by atoms with Crippen LogP contribution in [0.5, 0.6) is 0 Å². The first-order valence-electron chi connectivity index (χ1n) is 6.38. The van der Waals surface area contributed by atoms with Crippen molar-refractivity contribution < 1.29 is 0 Å². The summed E-state index contributed by atoms with van der Waals surface area (Å²) in [6.45, 7) is 6.07. The molecule has 104 valence electrons. The maximum atomic E-state index is 4.50. The molecule has 0 amide bonds. The van der Waals surface area contributed by atoms with Gasteiger partial charge in [0.15, 0.2) is 5.16 Å². The van der Waals surface area contributed by atoms with Crippen molar-refractivity contribution in [2.75, 3.05) is 6.54 Å². The molecule has 0 aliphatic carbocycles. The molecule has 1 N–H and O–H groups in total. The van der Waals surface area contributed by atoms with Gasteiger partial charge in [0.1, 0.15) is 11.4 Å². The van der Waals surface area contributed by atoms with Crippen LogP contribution < -0.4 is 5.32 Å². The smallest absolute Gasteiger partial charge is 0.197 e. The highest BCUT2D eigenvalue weighted by atomic mass is 32.2. The molecule has 0 bridgehead atoms. The van der Waals surface area contributed by atoms with E-state index in [1.165, 1.54) is 5.56 Å². The Hall–Kier alpha value is -1.34. The highest BCUT2D eigenvalue weighted by molar-refractivity contribution is 7.99. The van der Waals surface area contributed by atoms with Gasteiger partial charge in [0.2, 0.25) is 0 Å². The molecule has 2 rings (SSSR count). The molecule has 2 aromatic rings. The van der Waals surface area contributed by atoms with Gasteiger partial charge in [-0.15, -0.1) is 10.2 Å². The number of nitrogens with one attached hydrogen (secondary N) is 1. The maximum Gasteiger partial charge on any atom is 0.197 e. The van der Waals surface area contributed by atoms with Crippen LogP contribution in [-0.2, 0) is 20.6 Å². The largest absolute Gasteiger partial charge is 0.313 e. The Bertz CT molecular complexity index is 544. The molecule has 0 atom stereocenters. The first kappa shape index (κ1) is 14.1. The van der Waals surface area contributed by atoms with Crippen LogP contribution in [0.25, 0.3) is 0 Å². The van der Waals surface area contributed by atoms with E-state index in [9.17, 15) is 0 Å². The van der Waals surface area contributed by atoms with Crippen molar-refractivity contribution in [1.82, 2.24) is 29.9 Å². The Balaban J connectivity index is 2.21. The van der Waals surface area contributed by atoms with Crippen molar-refractivity contribution >= 4 is 11.8 Å². The molecule has 0 aliphatic rings. The predicted molar refractivity (Wildman–Crippen MR) is 75.1 cm³/mol. The van der Waals surface area contributed by atoms with Crippen LogP contribution in [0.2, 0.25) is 0 Å². The predicted octanol–water partition coefficient (Wildman–Crippen LogP) is 1.51. The van der Waals surface area contributed by atoms with Gasteiger partial charge in [-0.25, -0.2) is 0 Å². The van der Waals surface area contributed by atoms with Gasteiger partial charge in [-0.2, -0.15) is 5.10 Å². The lowest BCUT2D eigenvalue weighted by atomic mass is 10.2. The third-order valence-electron chi connectivity index (χ3n) is 2.88. The number of nitrogens with zero attached hydrogens (tertiary/aromatic N) is 5. The Morgan fingerprint density at radius 2 is 2.16 bits per heavy atom. The third kappa shape index (κ3) is 3.16. The summed E-state index contributed by atoms with van der Waals surface area (Å²) in [5, 5.41) is 17.9. The fraction of sp³-hybridized carbons (Fsp3) is 0.583. The van der Waals surface area contributed by atoms with Crippen LogP contribution in [-0.4, -0.2) is 31.1 Å². The van der Waals surface area contributed by atoms with Crippen molar-refractivity contribution in [3.05, 3.63) is 17.6 Å². The summed E-state index contributed by atoms with van der Waals surface area (Å²) in [4.78, 5) is 0. The molecule has 2 heterocycles. The van der Waals surface area contributed by atoms with E-state index in [1.807, 2.05) is 30.3 Å². The zero-order valence-electron chi connectivity index (χ0n) is 11.8. The average Bonchev–Trinajstić information content (AvgIpc) is 2.88. The maximum absolute atomic E-state index is 4.50. The van der Waals surface area contributed by atoms with Gasteiger partial charge in [-0.3, -0.25) is 4.68 Å². The Labute approximate surface area is 117 Å². The summed E-state index contributed by atoms with van der Waals surface area (Å²) in [5.74, 6) is 0. The molecular formula is C12H20N6S. The summed E-state index contributed by atoms with van der Waals surface area (Å²) in [5.41, 5.74) is 2.31. The van der Waals surface area contributed by atoms with E-state index in [4.69, 9.17) is 0 Å². The van der Waals surface area contributed by atoms with Crippen molar-refractivity contribution in [2.24, 2.45) is 14.1 Å². The lowest BCUT2D eigenvalue weighted by molar-refractivity contribution is 0.651. The zero-order chi connectivity index (χ0) is 13.8. The van der Waals surface area contributed by atoms with Gasteiger partial charge in [0.05, 0.1) is 5.69 Å². The molecule has 0 saturated carbocycles. The standard InChI is InChI=1S/C12H20N6S/c1-5-6-13-7-10-9(2)16-18(4)11(10)19-12-15-14-8-17(12)3/h8,13H,5-7H2,1-4H3. The summed E-state index contributed by atoms with van der Waals surface area (Å²) < 4.78 is 3.83. The van der Waals surface area contributed by atoms with Crippen molar-refractivity contribution in [3.63, 3.8) is 0 Å². The Morgan fingerprint density at radius 1 is 1.37 bits per heavy atom. The molecule has 0 radical (unpaired) electrons. The fourth-order valence-electron chi connectivity index (χ4n) is 1.85. The second-order valence-electron chi connectivity index (χ2n) is 4.50. The van der Waals surface area contributed by atoms with Crippen molar-refractivity contribution in [2.45, 2.75) is 37.0 Å². The Morgan fingerprint density at radius 3 is 2.79 bits per heavy atom. The molecule has 0 fully saturated rings. The fourth-order valence-corrected chi connectivity index (χ4v) is 2.82. The monoisotopic (exact) mass is 280 g/mol. The first-order valence-corrected chi connectivity index (χ1v) is 7.20. The molecule has 0 aromatic carbocycles. The van der Waals surface area contributed by atoms with E-state index >= 15 is 0 Å². The van der Waals surface area contributed by atoms with Gasteiger partial charge in [-0.05, 0) is 31.7 Å². The second kappa shape index (κ2) is 6.21. The number of hydrogen-bond acceptors (Lipinski definition) is 5. The molecule has 0 saturated heterocycles. The van der Waals surface area contributed by atoms with E-state index < -0.39 is 0 Å². The van der Waals surface area contributed by atoms with Crippen molar-refractivity contribution in [3.8, 4) is 0 Å². The minimum Gasteiger partial charge on any atom is -0.313 e. The highest BCUT2D eigenvalue weighted by Crippen LogP contribution is 2.29. The molecular weight excluding hydrogens is 260 g/mol. The van der Waals surface area contributed by atoms with Gasteiger partial charge >= 0.3 is 0 Å². The lowest BCUT2D eigenvalue weighted by Gasteiger charge is -2.06. The molecule has 19 heavy (non-hydrogen) atoms. The zero-order valence-corrected chi connectivity index (χ0v) is 12.7. The molecule has 0 spiro atoms. The van der Waals surface area contributed by atoms with Crippen LogP contribution in [0.3, 0.4) is 0 Å². The van der Waals surface area contributed by atoms with Gasteiger partial charge < -0.3 is 9.88 Å². The number of rotatable bonds is 6. The molecule has 6 nitrogen and oxygen atoms in total. The lowest BCUT2D eigenvalue weighted by Crippen LogP contribution is -2.14. The number of aromatic nitrogens is 5. The van der Waals surface area contributed by atoms with Gasteiger partial charge in [0.25, 0.3) is 0 Å². The van der Waals surface area contributed by atoms with Crippen LogP contribution in [0.4, 0.5) is 0 Å². The minimum absolute atomic E-state index is 0.841. The number of aryl methyl sites for hydroxylation is 3. The molecule has 7 heteroatoms. The SMILES string of the molecule is CCCNCc1c(C)nn(C)c1Sc1nncn1C. The van der Waals surface area contributed by atoms with Crippen LogP contribution in [0.15, 0.2) is 16.5 Å². The third-order valence-corrected chi connectivity index (χ3v) is 4.13. The van der Waals surface area contributed by atoms with Gasteiger partial charge in [0, 0.05) is 26.2 Å². The molecule has 0 aliphatic heterocycles.